The van der Waals surface area contributed by atoms with Gasteiger partial charge in [0.25, 0.3) is 0 Å². The summed E-state index contributed by atoms with van der Waals surface area (Å²) in [6, 6.07) is 17.5. The third kappa shape index (κ3) is 4.87. The molecule has 0 aliphatic heterocycles. The number of nitrogens with one attached hydrogen (secondary N) is 1. The minimum atomic E-state index is -0.459. The summed E-state index contributed by atoms with van der Waals surface area (Å²) in [5.41, 5.74) is 1.89. The molecule has 1 amide bonds. The van der Waals surface area contributed by atoms with Gasteiger partial charge in [-0.1, -0.05) is 52.0 Å². The SMILES string of the molecule is O=C(CSc1ccc(-c2ccc(Br)cc2)nn1)Nc1ccccc1F. The Labute approximate surface area is 157 Å². The molecule has 0 spiro atoms. The summed E-state index contributed by atoms with van der Waals surface area (Å²) < 4.78 is 14.5. The number of aromatic nitrogens is 2. The van der Waals surface area contributed by atoms with E-state index < -0.39 is 5.82 Å². The van der Waals surface area contributed by atoms with Crippen LogP contribution in [0.15, 0.2) is 70.2 Å². The normalized spacial score (nSPS) is 10.5. The highest BCUT2D eigenvalue weighted by Gasteiger charge is 2.08. The van der Waals surface area contributed by atoms with Crippen LogP contribution in [0.2, 0.25) is 0 Å². The number of rotatable bonds is 5. The Balaban J connectivity index is 1.57. The van der Waals surface area contributed by atoms with E-state index in [9.17, 15) is 9.18 Å². The first-order chi connectivity index (χ1) is 12.1. The maximum atomic E-state index is 13.5. The predicted molar refractivity (Wildman–Crippen MR) is 101 cm³/mol. The van der Waals surface area contributed by atoms with E-state index in [1.165, 1.54) is 23.9 Å². The first kappa shape index (κ1) is 17.6. The van der Waals surface area contributed by atoms with E-state index in [2.05, 4.69) is 31.4 Å². The van der Waals surface area contributed by atoms with Crippen molar-refractivity contribution in [1.82, 2.24) is 10.2 Å². The molecule has 0 saturated carbocycles. The number of para-hydroxylation sites is 1. The molecule has 1 aromatic heterocycles. The van der Waals surface area contributed by atoms with Gasteiger partial charge in [-0.15, -0.1) is 10.2 Å². The summed E-state index contributed by atoms with van der Waals surface area (Å²) in [5, 5.41) is 11.5. The average molecular weight is 418 g/mol. The van der Waals surface area contributed by atoms with Crippen LogP contribution in [0.4, 0.5) is 10.1 Å². The minimum Gasteiger partial charge on any atom is -0.323 e. The lowest BCUT2D eigenvalue weighted by atomic mass is 10.1. The fourth-order valence-corrected chi connectivity index (χ4v) is 2.94. The smallest absolute Gasteiger partial charge is 0.234 e. The monoisotopic (exact) mass is 417 g/mol. The molecule has 1 heterocycles. The number of thioether (sulfide) groups is 1. The van der Waals surface area contributed by atoms with Crippen LogP contribution >= 0.6 is 27.7 Å². The molecule has 0 fully saturated rings. The van der Waals surface area contributed by atoms with Crippen molar-refractivity contribution in [2.45, 2.75) is 5.03 Å². The number of hydrogen-bond donors (Lipinski definition) is 1. The van der Waals surface area contributed by atoms with Crippen LogP contribution < -0.4 is 5.32 Å². The first-order valence-corrected chi connectivity index (χ1v) is 9.16. The maximum Gasteiger partial charge on any atom is 0.234 e. The molecule has 3 aromatic rings. The summed E-state index contributed by atoms with van der Waals surface area (Å²) in [4.78, 5) is 11.9. The average Bonchev–Trinajstić information content (AvgIpc) is 2.63. The van der Waals surface area contributed by atoms with Gasteiger partial charge >= 0.3 is 0 Å². The Kier molecular flexibility index (Phi) is 5.78. The van der Waals surface area contributed by atoms with Crippen molar-refractivity contribution in [1.29, 1.82) is 0 Å². The van der Waals surface area contributed by atoms with Gasteiger partial charge in [0.05, 0.1) is 17.1 Å². The van der Waals surface area contributed by atoms with Crippen LogP contribution in [0, 0.1) is 5.82 Å². The first-order valence-electron chi connectivity index (χ1n) is 7.39. The number of benzene rings is 2. The second-order valence-electron chi connectivity index (χ2n) is 5.08. The molecule has 3 rings (SSSR count). The highest BCUT2D eigenvalue weighted by atomic mass is 79.9. The quantitative estimate of drug-likeness (QED) is 0.607. The summed E-state index contributed by atoms with van der Waals surface area (Å²) in [7, 11) is 0. The van der Waals surface area contributed by atoms with Crippen molar-refractivity contribution in [2.24, 2.45) is 0 Å². The third-order valence-electron chi connectivity index (χ3n) is 3.28. The number of carbonyl (C=O) groups is 1. The highest BCUT2D eigenvalue weighted by molar-refractivity contribution is 9.10. The van der Waals surface area contributed by atoms with Crippen molar-refractivity contribution in [3.05, 3.63) is 71.0 Å². The topological polar surface area (TPSA) is 54.9 Å². The Hall–Kier alpha value is -2.25. The molecule has 0 radical (unpaired) electrons. The summed E-state index contributed by atoms with van der Waals surface area (Å²) in [6.45, 7) is 0. The van der Waals surface area contributed by atoms with Crippen LogP contribution in [0.25, 0.3) is 11.3 Å². The second-order valence-corrected chi connectivity index (χ2v) is 6.99. The summed E-state index contributed by atoms with van der Waals surface area (Å²) in [6.07, 6.45) is 0. The molecule has 2 aromatic carbocycles. The van der Waals surface area contributed by atoms with E-state index in [1.807, 2.05) is 36.4 Å². The molecular formula is C18H13BrFN3OS. The molecule has 0 saturated heterocycles. The van der Waals surface area contributed by atoms with E-state index in [0.717, 1.165) is 15.7 Å². The fourth-order valence-electron chi connectivity index (χ4n) is 2.06. The Morgan fingerprint density at radius 2 is 1.80 bits per heavy atom. The third-order valence-corrected chi connectivity index (χ3v) is 4.73. The number of halogens is 2. The van der Waals surface area contributed by atoms with Crippen LogP contribution in [0.5, 0.6) is 0 Å². The van der Waals surface area contributed by atoms with E-state index in [0.29, 0.717) is 5.03 Å². The van der Waals surface area contributed by atoms with Gasteiger partial charge in [-0.25, -0.2) is 4.39 Å². The van der Waals surface area contributed by atoms with Gasteiger partial charge < -0.3 is 5.32 Å². The molecular weight excluding hydrogens is 405 g/mol. The zero-order valence-corrected chi connectivity index (χ0v) is 15.3. The Morgan fingerprint density at radius 1 is 1.04 bits per heavy atom. The van der Waals surface area contributed by atoms with Crippen molar-refractivity contribution in [3.63, 3.8) is 0 Å². The molecule has 4 nitrogen and oxygen atoms in total. The molecule has 7 heteroatoms. The largest absolute Gasteiger partial charge is 0.323 e. The summed E-state index contributed by atoms with van der Waals surface area (Å²) in [5.74, 6) is -0.630. The van der Waals surface area contributed by atoms with Crippen LogP contribution in [-0.4, -0.2) is 21.9 Å². The number of amides is 1. The van der Waals surface area contributed by atoms with Gasteiger partial charge in [0, 0.05) is 10.0 Å². The minimum absolute atomic E-state index is 0.126. The van der Waals surface area contributed by atoms with Crippen LogP contribution in [-0.2, 0) is 4.79 Å². The number of anilines is 1. The van der Waals surface area contributed by atoms with E-state index in [-0.39, 0.29) is 17.3 Å². The van der Waals surface area contributed by atoms with Gasteiger partial charge in [0.15, 0.2) is 0 Å². The molecule has 1 N–H and O–H groups in total. The lowest BCUT2D eigenvalue weighted by Crippen LogP contribution is -2.15. The van der Waals surface area contributed by atoms with Gasteiger partial charge in [-0.3, -0.25) is 4.79 Å². The van der Waals surface area contributed by atoms with Crippen molar-refractivity contribution in [2.75, 3.05) is 11.1 Å². The molecule has 0 atom stereocenters. The Bertz CT molecular complexity index is 872. The van der Waals surface area contributed by atoms with Crippen LogP contribution in [0.1, 0.15) is 0 Å². The van der Waals surface area contributed by atoms with Crippen molar-refractivity contribution >= 4 is 39.3 Å². The molecule has 0 aliphatic carbocycles. The predicted octanol–water partition coefficient (Wildman–Crippen LogP) is 4.78. The van der Waals surface area contributed by atoms with E-state index >= 15 is 0 Å². The lowest BCUT2D eigenvalue weighted by molar-refractivity contribution is -0.113. The van der Waals surface area contributed by atoms with Gasteiger partial charge in [-0.05, 0) is 36.4 Å². The molecule has 0 bridgehead atoms. The number of hydrogen-bond acceptors (Lipinski definition) is 4. The van der Waals surface area contributed by atoms with Gasteiger partial charge in [0.1, 0.15) is 10.8 Å². The lowest BCUT2D eigenvalue weighted by Gasteiger charge is -2.06. The molecule has 126 valence electrons. The zero-order valence-electron chi connectivity index (χ0n) is 12.9. The molecule has 25 heavy (non-hydrogen) atoms. The number of carbonyl (C=O) groups excluding carboxylic acids is 1. The van der Waals surface area contributed by atoms with E-state index in [4.69, 9.17) is 0 Å². The maximum absolute atomic E-state index is 13.5. The standard InChI is InChI=1S/C18H13BrFN3OS/c19-13-7-5-12(6-8-13)15-9-10-18(23-22-15)25-11-17(24)21-16-4-2-1-3-14(16)20/h1-10H,11H2,(H,21,24). The Morgan fingerprint density at radius 3 is 2.48 bits per heavy atom. The highest BCUT2D eigenvalue weighted by Crippen LogP contribution is 2.22. The molecule has 0 unspecified atom stereocenters. The van der Waals surface area contributed by atoms with Gasteiger partial charge in [0.2, 0.25) is 5.91 Å². The second kappa shape index (κ2) is 8.22. The summed E-state index contributed by atoms with van der Waals surface area (Å²) >= 11 is 4.64. The molecule has 0 aliphatic rings. The van der Waals surface area contributed by atoms with Crippen molar-refractivity contribution in [3.8, 4) is 11.3 Å². The van der Waals surface area contributed by atoms with E-state index in [1.54, 1.807) is 12.1 Å². The number of nitrogens with zero attached hydrogens (tertiary/aromatic N) is 2. The zero-order chi connectivity index (χ0) is 17.6. The van der Waals surface area contributed by atoms with Crippen molar-refractivity contribution < 1.29 is 9.18 Å². The van der Waals surface area contributed by atoms with Gasteiger partial charge in [-0.2, -0.15) is 0 Å². The fraction of sp³-hybridized carbons (Fsp3) is 0.0556. The van der Waals surface area contributed by atoms with Crippen LogP contribution in [0.3, 0.4) is 0 Å².